The topological polar surface area (TPSA) is 91.7 Å². The van der Waals surface area contributed by atoms with Crippen molar-refractivity contribution in [1.29, 1.82) is 0 Å². The van der Waals surface area contributed by atoms with Gasteiger partial charge in [-0.15, -0.1) is 11.3 Å². The fourth-order valence-electron chi connectivity index (χ4n) is 1.31. The predicted molar refractivity (Wildman–Crippen MR) is 73.4 cm³/mol. The third-order valence-electron chi connectivity index (χ3n) is 2.30. The van der Waals surface area contributed by atoms with Crippen LogP contribution in [0.15, 0.2) is 45.8 Å². The molecule has 0 saturated carbocycles. The van der Waals surface area contributed by atoms with Crippen molar-refractivity contribution in [2.45, 2.75) is 11.8 Å². The minimum atomic E-state index is -3.64. The number of benzene rings is 1. The Balaban J connectivity index is 2.24. The molecule has 0 spiro atoms. The second-order valence-corrected chi connectivity index (χ2v) is 6.18. The average molecular weight is 297 g/mol. The maximum Gasteiger partial charge on any atom is 0.263 e. The van der Waals surface area contributed by atoms with E-state index in [0.717, 1.165) is 11.3 Å². The fourth-order valence-corrected chi connectivity index (χ4v) is 3.34. The molecule has 0 fully saturated rings. The summed E-state index contributed by atoms with van der Waals surface area (Å²) in [6, 6.07) is 8.02. The van der Waals surface area contributed by atoms with E-state index in [2.05, 4.69) is 14.9 Å². The Morgan fingerprint density at radius 1 is 1.37 bits per heavy atom. The number of thiazole rings is 1. The van der Waals surface area contributed by atoms with Gasteiger partial charge in [0.15, 0.2) is 5.13 Å². The van der Waals surface area contributed by atoms with Crippen LogP contribution in [0.4, 0.5) is 5.13 Å². The van der Waals surface area contributed by atoms with Crippen LogP contribution in [0.2, 0.25) is 0 Å². The van der Waals surface area contributed by atoms with Crippen LogP contribution in [0.3, 0.4) is 0 Å². The minimum Gasteiger partial charge on any atom is -0.411 e. The Morgan fingerprint density at radius 3 is 2.68 bits per heavy atom. The average Bonchev–Trinajstić information content (AvgIpc) is 2.86. The van der Waals surface area contributed by atoms with Crippen LogP contribution < -0.4 is 4.72 Å². The Hall–Kier alpha value is -1.93. The third kappa shape index (κ3) is 3.09. The molecule has 0 radical (unpaired) electrons. The zero-order valence-corrected chi connectivity index (χ0v) is 11.6. The standard InChI is InChI=1S/C11H11N3O3S2/c1-8(13-15)10-7-18-11(12-10)14-19(16,17)9-5-3-2-4-6-9/h2-7,15H,1H3,(H,12,14). The van der Waals surface area contributed by atoms with Crippen LogP contribution in [-0.4, -0.2) is 24.3 Å². The highest BCUT2D eigenvalue weighted by molar-refractivity contribution is 7.93. The first-order valence-corrected chi connectivity index (χ1v) is 7.61. The number of nitrogens with zero attached hydrogens (tertiary/aromatic N) is 2. The third-order valence-corrected chi connectivity index (χ3v) is 4.54. The lowest BCUT2D eigenvalue weighted by Crippen LogP contribution is -2.12. The number of oxime groups is 1. The molecule has 0 amide bonds. The second kappa shape index (κ2) is 5.37. The number of rotatable bonds is 4. The number of nitrogens with one attached hydrogen (secondary N) is 1. The lowest BCUT2D eigenvalue weighted by atomic mass is 10.3. The van der Waals surface area contributed by atoms with Gasteiger partial charge in [0.25, 0.3) is 10.0 Å². The van der Waals surface area contributed by atoms with Crippen molar-refractivity contribution in [3.05, 3.63) is 41.4 Å². The van der Waals surface area contributed by atoms with Gasteiger partial charge in [-0.05, 0) is 19.1 Å². The monoisotopic (exact) mass is 297 g/mol. The van der Waals surface area contributed by atoms with Crippen LogP contribution in [-0.2, 0) is 10.0 Å². The van der Waals surface area contributed by atoms with Gasteiger partial charge in [0, 0.05) is 5.38 Å². The molecular weight excluding hydrogens is 286 g/mol. The SMILES string of the molecule is CC(=NO)c1csc(NS(=O)(=O)c2ccccc2)n1. The second-order valence-electron chi connectivity index (χ2n) is 3.64. The Kier molecular flexibility index (Phi) is 3.82. The van der Waals surface area contributed by atoms with Crippen LogP contribution in [0.25, 0.3) is 0 Å². The van der Waals surface area contributed by atoms with Crippen molar-refractivity contribution >= 4 is 32.2 Å². The summed E-state index contributed by atoms with van der Waals surface area (Å²) in [6.45, 7) is 1.57. The molecule has 0 aliphatic carbocycles. The van der Waals surface area contributed by atoms with Crippen LogP contribution in [0.1, 0.15) is 12.6 Å². The predicted octanol–water partition coefficient (Wildman–Crippen LogP) is 2.14. The molecule has 6 nitrogen and oxygen atoms in total. The molecule has 1 aromatic carbocycles. The van der Waals surface area contributed by atoms with Crippen molar-refractivity contribution < 1.29 is 13.6 Å². The molecule has 0 saturated heterocycles. The molecule has 0 unspecified atom stereocenters. The van der Waals surface area contributed by atoms with Gasteiger partial charge in [0.2, 0.25) is 0 Å². The molecular formula is C11H11N3O3S2. The molecule has 0 bridgehead atoms. The maximum absolute atomic E-state index is 12.0. The Labute approximate surface area is 114 Å². The fraction of sp³-hybridized carbons (Fsp3) is 0.0909. The first-order valence-electron chi connectivity index (χ1n) is 5.25. The van der Waals surface area contributed by atoms with E-state index in [4.69, 9.17) is 5.21 Å². The van der Waals surface area contributed by atoms with E-state index >= 15 is 0 Å². The first kappa shape index (κ1) is 13.5. The summed E-state index contributed by atoms with van der Waals surface area (Å²) in [5.41, 5.74) is 0.750. The zero-order chi connectivity index (χ0) is 13.9. The molecule has 0 aliphatic rings. The first-order chi connectivity index (χ1) is 9.03. The van der Waals surface area contributed by atoms with Gasteiger partial charge in [-0.1, -0.05) is 23.4 Å². The van der Waals surface area contributed by atoms with E-state index in [9.17, 15) is 8.42 Å². The highest BCUT2D eigenvalue weighted by Gasteiger charge is 2.16. The molecule has 19 heavy (non-hydrogen) atoms. The summed E-state index contributed by atoms with van der Waals surface area (Å²) < 4.78 is 26.4. The summed E-state index contributed by atoms with van der Waals surface area (Å²) >= 11 is 1.12. The lowest BCUT2D eigenvalue weighted by Gasteiger charge is -2.04. The lowest BCUT2D eigenvalue weighted by molar-refractivity contribution is 0.319. The normalized spacial score (nSPS) is 12.4. The summed E-state index contributed by atoms with van der Waals surface area (Å²) in [5.74, 6) is 0. The van der Waals surface area contributed by atoms with E-state index in [-0.39, 0.29) is 10.0 Å². The Bertz CT molecular complexity index is 693. The number of sulfonamides is 1. The molecule has 1 aromatic heterocycles. The molecule has 2 N–H and O–H groups in total. The maximum atomic E-state index is 12.0. The van der Waals surface area contributed by atoms with Crippen molar-refractivity contribution in [3.8, 4) is 0 Å². The molecule has 0 aliphatic heterocycles. The van der Waals surface area contributed by atoms with Gasteiger partial charge >= 0.3 is 0 Å². The van der Waals surface area contributed by atoms with Gasteiger partial charge in [-0.3, -0.25) is 4.72 Å². The van der Waals surface area contributed by atoms with Crippen LogP contribution in [0, 0.1) is 0 Å². The molecule has 2 aromatic rings. The van der Waals surface area contributed by atoms with E-state index in [1.54, 1.807) is 30.5 Å². The Morgan fingerprint density at radius 2 is 2.05 bits per heavy atom. The number of hydrogen-bond acceptors (Lipinski definition) is 6. The summed E-state index contributed by atoms with van der Waals surface area (Å²) in [6.07, 6.45) is 0. The van der Waals surface area contributed by atoms with Gasteiger partial charge in [-0.2, -0.15) is 0 Å². The van der Waals surface area contributed by atoms with E-state index in [1.807, 2.05) is 0 Å². The largest absolute Gasteiger partial charge is 0.411 e. The van der Waals surface area contributed by atoms with Gasteiger partial charge in [-0.25, -0.2) is 13.4 Å². The highest BCUT2D eigenvalue weighted by Crippen LogP contribution is 2.20. The summed E-state index contributed by atoms with van der Waals surface area (Å²) in [5, 5.41) is 13.5. The molecule has 100 valence electrons. The zero-order valence-electron chi connectivity index (χ0n) is 9.94. The van der Waals surface area contributed by atoms with Crippen molar-refractivity contribution in [2.24, 2.45) is 5.16 Å². The molecule has 1 heterocycles. The molecule has 8 heteroatoms. The smallest absolute Gasteiger partial charge is 0.263 e. The van der Waals surface area contributed by atoms with Crippen LogP contribution >= 0.6 is 11.3 Å². The number of aromatic nitrogens is 1. The molecule has 0 atom stereocenters. The summed E-state index contributed by atoms with van der Waals surface area (Å²) in [7, 11) is -3.64. The van der Waals surface area contributed by atoms with E-state index < -0.39 is 10.0 Å². The number of hydrogen-bond donors (Lipinski definition) is 2. The van der Waals surface area contributed by atoms with Gasteiger partial charge in [0.05, 0.1) is 4.90 Å². The van der Waals surface area contributed by atoms with Crippen LogP contribution in [0.5, 0.6) is 0 Å². The van der Waals surface area contributed by atoms with Crippen molar-refractivity contribution in [2.75, 3.05) is 4.72 Å². The molecule has 2 rings (SSSR count). The quantitative estimate of drug-likeness (QED) is 0.514. The van der Waals surface area contributed by atoms with Crippen molar-refractivity contribution in [1.82, 2.24) is 4.98 Å². The highest BCUT2D eigenvalue weighted by atomic mass is 32.2. The van der Waals surface area contributed by atoms with Gasteiger partial charge < -0.3 is 5.21 Å². The van der Waals surface area contributed by atoms with Gasteiger partial charge in [0.1, 0.15) is 11.4 Å². The van der Waals surface area contributed by atoms with Crippen molar-refractivity contribution in [3.63, 3.8) is 0 Å². The minimum absolute atomic E-state index is 0.166. The summed E-state index contributed by atoms with van der Waals surface area (Å²) in [4.78, 5) is 4.20. The van der Waals surface area contributed by atoms with E-state index in [0.29, 0.717) is 11.4 Å². The van der Waals surface area contributed by atoms with E-state index in [1.165, 1.54) is 12.1 Å². The number of anilines is 1.